The van der Waals surface area contributed by atoms with Gasteiger partial charge in [-0.25, -0.2) is 4.79 Å². The third-order valence-corrected chi connectivity index (χ3v) is 4.00. The highest BCUT2D eigenvalue weighted by Crippen LogP contribution is 2.35. The largest absolute Gasteiger partial charge is 0.388 e. The lowest BCUT2D eigenvalue weighted by Gasteiger charge is -2.38. The van der Waals surface area contributed by atoms with Crippen LogP contribution >= 0.6 is 0 Å². The van der Waals surface area contributed by atoms with E-state index in [1.54, 1.807) is 10.9 Å². The van der Waals surface area contributed by atoms with Gasteiger partial charge in [0.2, 0.25) is 0 Å². The number of hydrogen-bond acceptors (Lipinski definition) is 5. The Hall–Kier alpha value is -1.64. The Morgan fingerprint density at radius 1 is 1.59 bits per heavy atom. The fourth-order valence-corrected chi connectivity index (χ4v) is 2.90. The van der Waals surface area contributed by atoms with Crippen molar-refractivity contribution in [2.45, 2.75) is 50.8 Å². The Morgan fingerprint density at radius 3 is 3.09 bits per heavy atom. The van der Waals surface area contributed by atoms with Crippen LogP contribution < -0.4 is 10.6 Å². The van der Waals surface area contributed by atoms with Crippen molar-refractivity contribution in [2.75, 3.05) is 13.2 Å². The minimum Gasteiger partial charge on any atom is -0.388 e. The SMILES string of the molecule is CCCNC(=O)N[C@H]1[C@H](O)[C@@H](n2cc(C)cn2)[C@@H]2OC[C@H]1O2. The number of nitrogens with zero attached hydrogens (tertiary/aromatic N) is 2. The number of carbonyl (C=O) groups is 1. The van der Waals surface area contributed by atoms with Crippen LogP contribution in [0.25, 0.3) is 0 Å². The number of fused-ring (bicyclic) bond motifs is 2. The summed E-state index contributed by atoms with van der Waals surface area (Å²) in [5, 5.41) is 20.5. The number of hydrogen-bond donors (Lipinski definition) is 3. The maximum absolute atomic E-state index is 11.9. The molecule has 0 saturated carbocycles. The van der Waals surface area contributed by atoms with Crippen LogP contribution in [-0.4, -0.2) is 58.6 Å². The van der Waals surface area contributed by atoms with Gasteiger partial charge in [0.25, 0.3) is 0 Å². The summed E-state index contributed by atoms with van der Waals surface area (Å²) in [5.41, 5.74) is 0.984. The Bertz CT molecular complexity index is 535. The van der Waals surface area contributed by atoms with Gasteiger partial charge in [0.15, 0.2) is 6.29 Å². The smallest absolute Gasteiger partial charge is 0.315 e. The van der Waals surface area contributed by atoms with E-state index in [2.05, 4.69) is 15.7 Å². The molecular formula is C14H22N4O4. The van der Waals surface area contributed by atoms with Crippen molar-refractivity contribution in [1.29, 1.82) is 0 Å². The first-order chi connectivity index (χ1) is 10.6. The summed E-state index contributed by atoms with van der Waals surface area (Å²) >= 11 is 0. The van der Waals surface area contributed by atoms with E-state index in [0.717, 1.165) is 12.0 Å². The second kappa shape index (κ2) is 6.23. The molecule has 2 bridgehead atoms. The van der Waals surface area contributed by atoms with E-state index in [1.165, 1.54) is 0 Å². The molecule has 2 amide bonds. The van der Waals surface area contributed by atoms with Gasteiger partial charge in [-0.05, 0) is 18.9 Å². The molecule has 0 radical (unpaired) electrons. The molecule has 2 saturated heterocycles. The summed E-state index contributed by atoms with van der Waals surface area (Å²) in [6, 6.07) is -1.33. The maximum Gasteiger partial charge on any atom is 0.315 e. The number of aromatic nitrogens is 2. The lowest BCUT2D eigenvalue weighted by atomic mass is 9.96. The molecule has 1 aromatic rings. The molecule has 22 heavy (non-hydrogen) atoms. The van der Waals surface area contributed by atoms with E-state index >= 15 is 0 Å². The lowest BCUT2D eigenvalue weighted by Crippen LogP contribution is -2.60. The van der Waals surface area contributed by atoms with Gasteiger partial charge in [0, 0.05) is 12.7 Å². The van der Waals surface area contributed by atoms with Crippen molar-refractivity contribution in [2.24, 2.45) is 0 Å². The van der Waals surface area contributed by atoms with Gasteiger partial charge >= 0.3 is 6.03 Å². The van der Waals surface area contributed by atoms with Crippen LogP contribution in [0.3, 0.4) is 0 Å². The highest BCUT2D eigenvalue weighted by Gasteiger charge is 2.51. The first-order valence-electron chi connectivity index (χ1n) is 7.60. The molecule has 122 valence electrons. The molecule has 3 rings (SSSR count). The van der Waals surface area contributed by atoms with Crippen molar-refractivity contribution in [3.8, 4) is 0 Å². The number of ether oxygens (including phenoxy) is 2. The summed E-state index contributed by atoms with van der Waals surface area (Å²) < 4.78 is 13.0. The molecule has 1 aromatic heterocycles. The van der Waals surface area contributed by atoms with E-state index in [1.807, 2.05) is 20.0 Å². The first-order valence-corrected chi connectivity index (χ1v) is 7.60. The molecule has 0 aromatic carbocycles. The number of amides is 2. The predicted octanol–water partition coefficient (Wildman–Crippen LogP) is -0.0736. The predicted molar refractivity (Wildman–Crippen MR) is 77.2 cm³/mol. The zero-order valence-electron chi connectivity index (χ0n) is 12.7. The minimum atomic E-state index is -0.835. The Balaban J connectivity index is 1.75. The number of aliphatic hydroxyl groups is 1. The number of nitrogens with one attached hydrogen (secondary N) is 2. The highest BCUT2D eigenvalue weighted by molar-refractivity contribution is 5.74. The number of carbonyl (C=O) groups excluding carboxylic acids is 1. The summed E-state index contributed by atoms with van der Waals surface area (Å²) in [5.74, 6) is 0. The van der Waals surface area contributed by atoms with Gasteiger partial charge in [-0.2, -0.15) is 5.10 Å². The van der Waals surface area contributed by atoms with E-state index < -0.39 is 24.5 Å². The Morgan fingerprint density at radius 2 is 2.41 bits per heavy atom. The molecule has 2 aliphatic heterocycles. The highest BCUT2D eigenvalue weighted by atomic mass is 16.7. The molecule has 8 nitrogen and oxygen atoms in total. The zero-order chi connectivity index (χ0) is 15.7. The average Bonchev–Trinajstić information content (AvgIpc) is 3.10. The summed E-state index contributed by atoms with van der Waals surface area (Å²) in [7, 11) is 0. The number of aryl methyl sites for hydroxylation is 1. The minimum absolute atomic E-state index is 0.310. The number of rotatable bonds is 4. The fourth-order valence-electron chi connectivity index (χ4n) is 2.90. The summed E-state index contributed by atoms with van der Waals surface area (Å²) in [6.45, 7) is 4.83. The second-order valence-electron chi connectivity index (χ2n) is 5.78. The monoisotopic (exact) mass is 310 g/mol. The second-order valence-corrected chi connectivity index (χ2v) is 5.78. The van der Waals surface area contributed by atoms with Crippen LogP contribution in [0.4, 0.5) is 4.79 Å². The van der Waals surface area contributed by atoms with Gasteiger partial charge in [-0.15, -0.1) is 0 Å². The zero-order valence-corrected chi connectivity index (χ0v) is 12.7. The maximum atomic E-state index is 11.9. The summed E-state index contributed by atoms with van der Waals surface area (Å²) in [6.07, 6.45) is 2.66. The summed E-state index contributed by atoms with van der Waals surface area (Å²) in [4.78, 5) is 11.9. The average molecular weight is 310 g/mol. The first kappa shape index (κ1) is 15.3. The molecule has 2 aliphatic rings. The third kappa shape index (κ3) is 2.81. The topological polar surface area (TPSA) is 97.6 Å². The molecular weight excluding hydrogens is 288 g/mol. The van der Waals surface area contributed by atoms with Crippen molar-refractivity contribution in [3.63, 3.8) is 0 Å². The molecule has 0 unspecified atom stereocenters. The van der Waals surface area contributed by atoms with Crippen LogP contribution in [0, 0.1) is 6.92 Å². The van der Waals surface area contributed by atoms with Crippen LogP contribution in [-0.2, 0) is 9.47 Å². The van der Waals surface area contributed by atoms with E-state index in [9.17, 15) is 9.90 Å². The van der Waals surface area contributed by atoms with Gasteiger partial charge in [0.05, 0.1) is 18.8 Å². The quantitative estimate of drug-likeness (QED) is 0.723. The molecule has 3 N–H and O–H groups in total. The molecule has 0 spiro atoms. The van der Waals surface area contributed by atoms with Gasteiger partial charge in [-0.3, -0.25) is 4.68 Å². The van der Waals surface area contributed by atoms with E-state index in [4.69, 9.17) is 9.47 Å². The molecule has 8 heteroatoms. The molecule has 2 fully saturated rings. The van der Waals surface area contributed by atoms with Crippen molar-refractivity contribution < 1.29 is 19.4 Å². The fraction of sp³-hybridized carbons (Fsp3) is 0.714. The van der Waals surface area contributed by atoms with Crippen LogP contribution in [0.2, 0.25) is 0 Å². The van der Waals surface area contributed by atoms with Crippen molar-refractivity contribution in [1.82, 2.24) is 20.4 Å². The van der Waals surface area contributed by atoms with E-state index in [-0.39, 0.29) is 12.1 Å². The lowest BCUT2D eigenvalue weighted by molar-refractivity contribution is -0.166. The van der Waals surface area contributed by atoms with Crippen LogP contribution in [0.5, 0.6) is 0 Å². The number of aliphatic hydroxyl groups excluding tert-OH is 1. The van der Waals surface area contributed by atoms with Gasteiger partial charge in [-0.1, -0.05) is 6.92 Å². The third-order valence-electron chi connectivity index (χ3n) is 4.00. The van der Waals surface area contributed by atoms with E-state index in [0.29, 0.717) is 13.2 Å². The number of urea groups is 1. The van der Waals surface area contributed by atoms with Crippen molar-refractivity contribution in [3.05, 3.63) is 18.0 Å². The Kier molecular flexibility index (Phi) is 4.32. The molecule has 0 aliphatic carbocycles. The molecule has 3 heterocycles. The standard InChI is InChI=1S/C14H22N4O4/c1-3-4-15-14(20)17-10-9-7-21-13(22-9)11(12(10)19)18-6-8(2)5-16-18/h5-6,9-13,19H,3-4,7H2,1-2H3,(H2,15,17,20)/t9-,10-,11-,12+,13-/m1/s1. The van der Waals surface area contributed by atoms with Crippen LogP contribution in [0.15, 0.2) is 12.4 Å². The molecule has 5 atom stereocenters. The normalized spacial score (nSPS) is 33.7. The van der Waals surface area contributed by atoms with Gasteiger partial charge < -0.3 is 25.2 Å². The Labute approximate surface area is 128 Å². The van der Waals surface area contributed by atoms with Gasteiger partial charge in [0.1, 0.15) is 18.2 Å². The van der Waals surface area contributed by atoms with Crippen LogP contribution in [0.1, 0.15) is 24.9 Å². The van der Waals surface area contributed by atoms with Crippen molar-refractivity contribution >= 4 is 6.03 Å².